The normalized spacial score (nSPS) is 11.3. The van der Waals surface area contributed by atoms with Crippen LogP contribution in [-0.2, 0) is 19.5 Å². The minimum Gasteiger partial charge on any atom is -0.332 e. The van der Waals surface area contributed by atoms with Crippen LogP contribution in [0.4, 0.5) is 0 Å². The molecule has 0 radical (unpaired) electrons. The number of rotatable bonds is 6. The first-order valence-electron chi connectivity index (χ1n) is 8.95. The van der Waals surface area contributed by atoms with E-state index in [4.69, 9.17) is 0 Å². The number of aryl methyl sites for hydroxylation is 2. The van der Waals surface area contributed by atoms with Crippen LogP contribution in [0.25, 0.3) is 22.6 Å². The van der Waals surface area contributed by atoms with Crippen molar-refractivity contribution in [2.75, 3.05) is 0 Å². The fourth-order valence-corrected chi connectivity index (χ4v) is 3.07. The third-order valence-electron chi connectivity index (χ3n) is 4.46. The highest BCUT2D eigenvalue weighted by atomic mass is 16.2. The van der Waals surface area contributed by atoms with Gasteiger partial charge in [0.15, 0.2) is 5.65 Å². The van der Waals surface area contributed by atoms with Gasteiger partial charge in [0.2, 0.25) is 0 Å². The molecule has 0 aliphatic heterocycles. The van der Waals surface area contributed by atoms with Crippen molar-refractivity contribution in [3.05, 3.63) is 69.1 Å². The van der Waals surface area contributed by atoms with Crippen LogP contribution in [0.15, 0.2) is 52.3 Å². The quantitative estimate of drug-likeness (QED) is 0.546. The number of hydrogen-bond donors (Lipinski definition) is 2. The van der Waals surface area contributed by atoms with E-state index < -0.39 is 5.69 Å². The summed E-state index contributed by atoms with van der Waals surface area (Å²) < 4.78 is 3.03. The molecule has 0 fully saturated rings. The first-order valence-corrected chi connectivity index (χ1v) is 8.95. The van der Waals surface area contributed by atoms with Gasteiger partial charge in [-0.1, -0.05) is 37.3 Å². The topological polar surface area (TPSA) is 101 Å². The zero-order valence-corrected chi connectivity index (χ0v) is 15.0. The molecule has 0 saturated heterocycles. The number of H-pyrrole nitrogens is 2. The Morgan fingerprint density at radius 3 is 2.67 bits per heavy atom. The number of benzene rings is 1. The van der Waals surface area contributed by atoms with Crippen molar-refractivity contribution in [2.45, 2.75) is 32.9 Å². The molecule has 0 saturated carbocycles. The van der Waals surface area contributed by atoms with Gasteiger partial charge in [-0.3, -0.25) is 19.0 Å². The van der Waals surface area contributed by atoms with Crippen LogP contribution in [0.2, 0.25) is 0 Å². The van der Waals surface area contributed by atoms with Gasteiger partial charge >= 0.3 is 5.69 Å². The van der Waals surface area contributed by atoms with E-state index in [-0.39, 0.29) is 11.2 Å². The van der Waals surface area contributed by atoms with Gasteiger partial charge in [0, 0.05) is 19.3 Å². The summed E-state index contributed by atoms with van der Waals surface area (Å²) in [6.07, 6.45) is 5.15. The molecule has 27 heavy (non-hydrogen) atoms. The van der Waals surface area contributed by atoms with Gasteiger partial charge in [-0.15, -0.1) is 0 Å². The number of aromatic amines is 2. The Morgan fingerprint density at radius 1 is 1.07 bits per heavy atom. The van der Waals surface area contributed by atoms with Crippen LogP contribution in [0.1, 0.15) is 18.9 Å². The fraction of sp³-hybridized carbons (Fsp3) is 0.263. The van der Waals surface area contributed by atoms with E-state index in [0.29, 0.717) is 24.3 Å². The Hall–Kier alpha value is -3.42. The maximum absolute atomic E-state index is 12.5. The summed E-state index contributed by atoms with van der Waals surface area (Å²) in [5.74, 6) is 0.512. The van der Waals surface area contributed by atoms with Crippen molar-refractivity contribution in [2.24, 2.45) is 0 Å². The molecule has 1 aromatic carbocycles. The molecular weight excluding hydrogens is 344 g/mol. The van der Waals surface area contributed by atoms with Crippen LogP contribution in [0, 0.1) is 0 Å². The van der Waals surface area contributed by atoms with E-state index in [1.165, 1.54) is 10.1 Å². The van der Waals surface area contributed by atoms with Crippen molar-refractivity contribution < 1.29 is 0 Å². The molecule has 138 valence electrons. The third kappa shape index (κ3) is 3.33. The van der Waals surface area contributed by atoms with E-state index in [2.05, 4.69) is 32.2 Å². The number of nitrogens with zero attached hydrogens (tertiary/aromatic N) is 4. The third-order valence-corrected chi connectivity index (χ3v) is 4.46. The highest BCUT2D eigenvalue weighted by molar-refractivity contribution is 5.74. The Bertz CT molecular complexity index is 1180. The second-order valence-electron chi connectivity index (χ2n) is 6.42. The van der Waals surface area contributed by atoms with Crippen LogP contribution >= 0.6 is 0 Å². The number of fused-ring (bicyclic) bond motifs is 1. The van der Waals surface area contributed by atoms with Crippen LogP contribution in [0.5, 0.6) is 0 Å². The second kappa shape index (κ2) is 7.06. The summed E-state index contributed by atoms with van der Waals surface area (Å²) in [5.41, 5.74) is 1.78. The van der Waals surface area contributed by atoms with Crippen molar-refractivity contribution in [1.29, 1.82) is 0 Å². The van der Waals surface area contributed by atoms with Crippen molar-refractivity contribution in [1.82, 2.24) is 29.3 Å². The number of hydrogen-bond acceptors (Lipinski definition) is 4. The van der Waals surface area contributed by atoms with Gasteiger partial charge in [-0.2, -0.15) is 5.10 Å². The highest BCUT2D eigenvalue weighted by Gasteiger charge is 2.14. The fourth-order valence-electron chi connectivity index (χ4n) is 3.07. The van der Waals surface area contributed by atoms with E-state index >= 15 is 0 Å². The van der Waals surface area contributed by atoms with Crippen LogP contribution in [-0.4, -0.2) is 29.3 Å². The van der Waals surface area contributed by atoms with Crippen molar-refractivity contribution >= 4 is 11.2 Å². The van der Waals surface area contributed by atoms with Gasteiger partial charge < -0.3 is 4.98 Å². The van der Waals surface area contributed by atoms with Gasteiger partial charge in [-0.25, -0.2) is 9.78 Å². The average molecular weight is 364 g/mol. The zero-order chi connectivity index (χ0) is 18.8. The number of nitrogens with one attached hydrogen (secondary N) is 2. The highest BCUT2D eigenvalue weighted by Crippen LogP contribution is 2.17. The summed E-state index contributed by atoms with van der Waals surface area (Å²) in [4.78, 5) is 34.6. The van der Waals surface area contributed by atoms with Crippen molar-refractivity contribution in [3.8, 4) is 11.4 Å². The van der Waals surface area contributed by atoms with Crippen LogP contribution in [0.3, 0.4) is 0 Å². The maximum Gasteiger partial charge on any atom is 0.330 e. The van der Waals surface area contributed by atoms with E-state index in [1.807, 2.05) is 36.0 Å². The largest absolute Gasteiger partial charge is 0.332 e. The Morgan fingerprint density at radius 2 is 1.89 bits per heavy atom. The molecule has 4 aromatic rings. The minimum atomic E-state index is -0.439. The molecule has 3 aromatic heterocycles. The molecule has 0 aliphatic carbocycles. The smallest absolute Gasteiger partial charge is 0.330 e. The summed E-state index contributed by atoms with van der Waals surface area (Å²) in [6, 6.07) is 10.2. The minimum absolute atomic E-state index is 0.268. The number of imidazole rings is 1. The molecule has 8 heteroatoms. The predicted molar refractivity (Wildman–Crippen MR) is 103 cm³/mol. The predicted octanol–water partition coefficient (Wildman–Crippen LogP) is 1.93. The zero-order valence-electron chi connectivity index (χ0n) is 15.0. The molecule has 3 heterocycles. The molecule has 0 aliphatic rings. The summed E-state index contributed by atoms with van der Waals surface area (Å²) in [7, 11) is 0. The monoisotopic (exact) mass is 364 g/mol. The molecule has 0 amide bonds. The Balaban J connectivity index is 1.61. The first-order chi connectivity index (χ1) is 13.2. The van der Waals surface area contributed by atoms with E-state index in [0.717, 1.165) is 18.5 Å². The molecule has 8 nitrogen and oxygen atoms in total. The lowest BCUT2D eigenvalue weighted by molar-refractivity contribution is 0.615. The van der Waals surface area contributed by atoms with E-state index in [9.17, 15) is 9.59 Å². The SMILES string of the molecule is CCCn1c(=O)[nH]c2nc(-c3cnn(CCc4ccccc4)c3)[nH]c2c1=O. The maximum atomic E-state index is 12.5. The molecule has 0 atom stereocenters. The van der Waals surface area contributed by atoms with Crippen molar-refractivity contribution in [3.63, 3.8) is 0 Å². The van der Waals surface area contributed by atoms with E-state index in [1.54, 1.807) is 6.20 Å². The summed E-state index contributed by atoms with van der Waals surface area (Å²) in [5, 5.41) is 4.37. The molecule has 0 bridgehead atoms. The second-order valence-corrected chi connectivity index (χ2v) is 6.42. The average Bonchev–Trinajstić information content (AvgIpc) is 3.31. The summed E-state index contributed by atoms with van der Waals surface area (Å²) >= 11 is 0. The molecule has 2 N–H and O–H groups in total. The van der Waals surface area contributed by atoms with Crippen LogP contribution < -0.4 is 11.2 Å². The van der Waals surface area contributed by atoms with Gasteiger partial charge in [0.05, 0.1) is 11.8 Å². The van der Waals surface area contributed by atoms with Gasteiger partial charge in [-0.05, 0) is 18.4 Å². The first kappa shape index (κ1) is 17.0. The molecule has 0 unspecified atom stereocenters. The Labute approximate surface area is 154 Å². The molecule has 0 spiro atoms. The lowest BCUT2D eigenvalue weighted by Gasteiger charge is -2.01. The molecular formula is C19H20N6O2. The van der Waals surface area contributed by atoms with Gasteiger partial charge in [0.1, 0.15) is 11.3 Å². The Kier molecular flexibility index (Phi) is 4.45. The lowest BCUT2D eigenvalue weighted by atomic mass is 10.1. The number of aromatic nitrogens is 6. The molecule has 4 rings (SSSR count). The summed E-state index contributed by atoms with van der Waals surface area (Å²) in [6.45, 7) is 3.03. The lowest BCUT2D eigenvalue weighted by Crippen LogP contribution is -2.34. The van der Waals surface area contributed by atoms with Gasteiger partial charge in [0.25, 0.3) is 5.56 Å². The standard InChI is InChI=1S/C19H20N6O2/c1-2-9-25-18(26)15-17(23-19(25)27)22-16(21-15)14-11-20-24(12-14)10-8-13-6-4-3-5-7-13/h3-7,11-12H,2,8-10H2,1H3,(H,21,22)(H,23,27).